The number of halogens is 4. The van der Waals surface area contributed by atoms with Crippen molar-refractivity contribution in [2.45, 2.75) is 46.6 Å². The number of carbonyl (C=O) groups is 1. The standard InChI is InChI=1S/C15H19ClF3N5O/c1-5-23-7-11(9(2)20-23)6-22(4)12(25)8-24-10(3)13(16)14(21-24)15(17,18)19/h7H,5-6,8H2,1-4H3. The van der Waals surface area contributed by atoms with Gasteiger partial charge in [-0.25, -0.2) is 0 Å². The molecule has 2 aromatic rings. The molecule has 138 valence electrons. The van der Waals surface area contributed by atoms with Gasteiger partial charge in [-0.2, -0.15) is 23.4 Å². The molecule has 0 bridgehead atoms. The van der Waals surface area contributed by atoms with Gasteiger partial charge in [0.15, 0.2) is 5.69 Å². The van der Waals surface area contributed by atoms with Gasteiger partial charge in [-0.15, -0.1) is 0 Å². The van der Waals surface area contributed by atoms with Crippen LogP contribution in [0.5, 0.6) is 0 Å². The Hall–Kier alpha value is -2.03. The number of nitrogens with zero attached hydrogens (tertiary/aromatic N) is 5. The SMILES string of the molecule is CCn1cc(CN(C)C(=O)Cn2nc(C(F)(F)F)c(Cl)c2C)c(C)n1. The predicted molar refractivity (Wildman–Crippen MR) is 86.1 cm³/mol. The highest BCUT2D eigenvalue weighted by Crippen LogP contribution is 2.35. The molecule has 0 saturated heterocycles. The maximum Gasteiger partial charge on any atom is 0.436 e. The molecule has 2 aromatic heterocycles. The Morgan fingerprint density at radius 1 is 1.32 bits per heavy atom. The highest BCUT2D eigenvalue weighted by atomic mass is 35.5. The second-order valence-corrected chi connectivity index (χ2v) is 6.13. The fourth-order valence-electron chi connectivity index (χ4n) is 2.33. The summed E-state index contributed by atoms with van der Waals surface area (Å²) >= 11 is 5.69. The molecule has 0 aliphatic heterocycles. The van der Waals surface area contributed by atoms with Gasteiger partial charge in [0.05, 0.1) is 16.4 Å². The summed E-state index contributed by atoms with van der Waals surface area (Å²) in [6, 6.07) is 0. The first-order valence-electron chi connectivity index (χ1n) is 7.61. The lowest BCUT2D eigenvalue weighted by atomic mass is 10.2. The van der Waals surface area contributed by atoms with Crippen molar-refractivity contribution < 1.29 is 18.0 Å². The van der Waals surface area contributed by atoms with E-state index in [0.717, 1.165) is 15.9 Å². The lowest BCUT2D eigenvalue weighted by molar-refractivity contribution is -0.142. The first-order valence-corrected chi connectivity index (χ1v) is 7.99. The van der Waals surface area contributed by atoms with Gasteiger partial charge in [0.2, 0.25) is 5.91 Å². The Balaban J connectivity index is 2.12. The summed E-state index contributed by atoms with van der Waals surface area (Å²) < 4.78 is 41.3. The summed E-state index contributed by atoms with van der Waals surface area (Å²) in [5.74, 6) is -0.375. The van der Waals surface area contributed by atoms with E-state index in [-0.39, 0.29) is 18.1 Å². The fraction of sp³-hybridized carbons (Fsp3) is 0.533. The van der Waals surface area contributed by atoms with Crippen LogP contribution in [0.1, 0.15) is 29.6 Å². The third-order valence-electron chi connectivity index (χ3n) is 3.89. The molecule has 0 N–H and O–H groups in total. The van der Waals surface area contributed by atoms with Crippen LogP contribution in [0.25, 0.3) is 0 Å². The number of hydrogen-bond acceptors (Lipinski definition) is 3. The van der Waals surface area contributed by atoms with Crippen LogP contribution in [0.3, 0.4) is 0 Å². The minimum Gasteiger partial charge on any atom is -0.340 e. The molecular weight excluding hydrogens is 359 g/mol. The zero-order valence-electron chi connectivity index (χ0n) is 14.4. The van der Waals surface area contributed by atoms with E-state index in [0.29, 0.717) is 13.1 Å². The van der Waals surface area contributed by atoms with Gasteiger partial charge in [0.1, 0.15) is 6.54 Å². The number of aromatic nitrogens is 4. The van der Waals surface area contributed by atoms with Crippen LogP contribution in [0.4, 0.5) is 13.2 Å². The average Bonchev–Trinajstić information content (AvgIpc) is 3.01. The summed E-state index contributed by atoms with van der Waals surface area (Å²) in [6.45, 7) is 5.89. The molecule has 6 nitrogen and oxygen atoms in total. The number of hydrogen-bond donors (Lipinski definition) is 0. The lowest BCUT2D eigenvalue weighted by Crippen LogP contribution is -2.30. The highest BCUT2D eigenvalue weighted by molar-refractivity contribution is 6.32. The minimum atomic E-state index is -4.66. The minimum absolute atomic E-state index is 0.103. The third-order valence-corrected chi connectivity index (χ3v) is 4.34. The number of likely N-dealkylation sites (N-methyl/N-ethyl adjacent to an activating group) is 1. The molecule has 0 unspecified atom stereocenters. The van der Waals surface area contributed by atoms with E-state index in [9.17, 15) is 18.0 Å². The van der Waals surface area contributed by atoms with Crippen molar-refractivity contribution in [3.05, 3.63) is 33.9 Å². The van der Waals surface area contributed by atoms with Crippen molar-refractivity contribution >= 4 is 17.5 Å². The zero-order chi connectivity index (χ0) is 18.9. The van der Waals surface area contributed by atoms with Crippen LogP contribution in [0, 0.1) is 13.8 Å². The Morgan fingerprint density at radius 3 is 2.44 bits per heavy atom. The second kappa shape index (κ2) is 7.07. The molecule has 1 amide bonds. The number of carbonyl (C=O) groups excluding carboxylic acids is 1. The van der Waals surface area contributed by atoms with Gasteiger partial charge < -0.3 is 4.90 Å². The molecular formula is C15H19ClF3N5O. The van der Waals surface area contributed by atoms with Crippen LogP contribution in [-0.4, -0.2) is 37.4 Å². The maximum absolute atomic E-state index is 12.8. The van der Waals surface area contributed by atoms with Crippen molar-refractivity contribution in [1.82, 2.24) is 24.5 Å². The molecule has 0 spiro atoms. The molecule has 0 aliphatic carbocycles. The van der Waals surface area contributed by atoms with Gasteiger partial charge in [-0.1, -0.05) is 11.6 Å². The molecule has 0 aromatic carbocycles. The largest absolute Gasteiger partial charge is 0.436 e. The Kier molecular flexibility index (Phi) is 5.46. The Morgan fingerprint density at radius 2 is 1.96 bits per heavy atom. The van der Waals surface area contributed by atoms with Crippen molar-refractivity contribution in [3.63, 3.8) is 0 Å². The molecule has 25 heavy (non-hydrogen) atoms. The molecule has 0 saturated carbocycles. The summed E-state index contributed by atoms with van der Waals surface area (Å²) in [5, 5.41) is 7.26. The molecule has 0 aliphatic rings. The maximum atomic E-state index is 12.8. The fourth-order valence-corrected chi connectivity index (χ4v) is 2.57. The van der Waals surface area contributed by atoms with Gasteiger partial charge in [0.25, 0.3) is 0 Å². The van der Waals surface area contributed by atoms with Gasteiger partial charge >= 0.3 is 6.18 Å². The molecule has 0 radical (unpaired) electrons. The first-order chi connectivity index (χ1) is 11.5. The van der Waals surface area contributed by atoms with E-state index >= 15 is 0 Å². The molecule has 2 heterocycles. The Bertz CT molecular complexity index is 781. The van der Waals surface area contributed by atoms with Crippen LogP contribution >= 0.6 is 11.6 Å². The number of alkyl halides is 3. The van der Waals surface area contributed by atoms with E-state index in [1.807, 2.05) is 20.0 Å². The molecule has 2 rings (SSSR count). The second-order valence-electron chi connectivity index (χ2n) is 5.75. The van der Waals surface area contributed by atoms with E-state index in [2.05, 4.69) is 10.2 Å². The predicted octanol–water partition coefficient (Wildman–Crippen LogP) is 3.05. The topological polar surface area (TPSA) is 56.0 Å². The summed E-state index contributed by atoms with van der Waals surface area (Å²) in [6.07, 6.45) is -2.81. The normalized spacial score (nSPS) is 11.8. The molecule has 10 heteroatoms. The first kappa shape index (κ1) is 19.3. The third kappa shape index (κ3) is 4.15. The van der Waals surface area contributed by atoms with E-state index in [1.165, 1.54) is 11.8 Å². The molecule has 0 fully saturated rings. The van der Waals surface area contributed by atoms with E-state index < -0.39 is 16.9 Å². The lowest BCUT2D eigenvalue weighted by Gasteiger charge is -2.17. The van der Waals surface area contributed by atoms with E-state index in [1.54, 1.807) is 11.7 Å². The summed E-state index contributed by atoms with van der Waals surface area (Å²) in [5.41, 5.74) is 0.607. The van der Waals surface area contributed by atoms with Crippen molar-refractivity contribution in [3.8, 4) is 0 Å². The smallest absolute Gasteiger partial charge is 0.340 e. The molecule has 0 atom stereocenters. The van der Waals surface area contributed by atoms with Gasteiger partial charge in [-0.05, 0) is 20.8 Å². The van der Waals surface area contributed by atoms with Crippen molar-refractivity contribution in [2.75, 3.05) is 7.05 Å². The summed E-state index contributed by atoms with van der Waals surface area (Å²) in [4.78, 5) is 13.8. The summed E-state index contributed by atoms with van der Waals surface area (Å²) in [7, 11) is 1.58. The van der Waals surface area contributed by atoms with Gasteiger partial charge in [-0.3, -0.25) is 14.2 Å². The zero-order valence-corrected chi connectivity index (χ0v) is 15.1. The highest BCUT2D eigenvalue weighted by Gasteiger charge is 2.38. The number of rotatable bonds is 5. The Labute approximate surface area is 148 Å². The number of aryl methyl sites for hydroxylation is 2. The van der Waals surface area contributed by atoms with Crippen molar-refractivity contribution in [2.24, 2.45) is 0 Å². The van der Waals surface area contributed by atoms with Gasteiger partial charge in [0, 0.05) is 31.9 Å². The number of amides is 1. The van der Waals surface area contributed by atoms with E-state index in [4.69, 9.17) is 11.6 Å². The van der Waals surface area contributed by atoms with Crippen LogP contribution in [0.15, 0.2) is 6.20 Å². The average molecular weight is 378 g/mol. The monoisotopic (exact) mass is 377 g/mol. The quantitative estimate of drug-likeness (QED) is 0.804. The van der Waals surface area contributed by atoms with Crippen LogP contribution < -0.4 is 0 Å². The van der Waals surface area contributed by atoms with Crippen molar-refractivity contribution in [1.29, 1.82) is 0 Å². The van der Waals surface area contributed by atoms with Crippen LogP contribution in [0.2, 0.25) is 5.02 Å². The van der Waals surface area contributed by atoms with Crippen LogP contribution in [-0.2, 0) is 30.6 Å².